The van der Waals surface area contributed by atoms with Crippen LogP contribution >= 0.6 is 0 Å². The summed E-state index contributed by atoms with van der Waals surface area (Å²) in [4.78, 5) is 16.1. The number of ether oxygens (including phenoxy) is 1. The van der Waals surface area contributed by atoms with Gasteiger partial charge < -0.3 is 15.0 Å². The molecular weight excluding hydrogens is 230 g/mol. The van der Waals surface area contributed by atoms with E-state index in [1.54, 1.807) is 0 Å². The second kappa shape index (κ2) is 7.07. The Morgan fingerprint density at radius 2 is 2.17 bits per heavy atom. The molecule has 1 N–H and O–H groups in total. The van der Waals surface area contributed by atoms with Crippen LogP contribution in [0.25, 0.3) is 0 Å². The summed E-state index contributed by atoms with van der Waals surface area (Å²) in [6.07, 6.45) is 3.72. The highest BCUT2D eigenvalue weighted by Gasteiger charge is 2.20. The zero-order valence-electron chi connectivity index (χ0n) is 11.4. The van der Waals surface area contributed by atoms with Gasteiger partial charge in [-0.2, -0.15) is 0 Å². The first-order valence-corrected chi connectivity index (χ1v) is 7.04. The molecule has 0 bridgehead atoms. The van der Waals surface area contributed by atoms with Crippen molar-refractivity contribution in [2.75, 3.05) is 52.9 Å². The number of likely N-dealkylation sites (N-methyl/N-ethyl adjacent to an activating group) is 1. The molecule has 2 rings (SSSR count). The number of hydrogen-bond acceptors (Lipinski definition) is 4. The van der Waals surface area contributed by atoms with E-state index in [2.05, 4.69) is 10.2 Å². The lowest BCUT2D eigenvalue weighted by Crippen LogP contribution is -2.48. The van der Waals surface area contributed by atoms with Crippen molar-refractivity contribution in [3.05, 3.63) is 0 Å². The van der Waals surface area contributed by atoms with Gasteiger partial charge in [0.15, 0.2) is 0 Å². The largest absolute Gasteiger partial charge is 0.376 e. The lowest BCUT2D eigenvalue weighted by Gasteiger charge is -2.31. The number of carbonyl (C=O) groups excluding carboxylic acids is 1. The van der Waals surface area contributed by atoms with Gasteiger partial charge in [-0.1, -0.05) is 0 Å². The maximum Gasteiger partial charge on any atom is 0.236 e. The summed E-state index contributed by atoms with van der Waals surface area (Å²) in [7, 11) is 1.89. The molecule has 18 heavy (non-hydrogen) atoms. The lowest BCUT2D eigenvalue weighted by atomic mass is 10.1. The molecule has 0 saturated carbocycles. The van der Waals surface area contributed by atoms with E-state index in [9.17, 15) is 4.79 Å². The van der Waals surface area contributed by atoms with Crippen molar-refractivity contribution in [3.8, 4) is 0 Å². The quantitative estimate of drug-likeness (QED) is 0.763. The van der Waals surface area contributed by atoms with Gasteiger partial charge in [0.05, 0.1) is 12.6 Å². The van der Waals surface area contributed by atoms with E-state index in [4.69, 9.17) is 4.74 Å². The minimum absolute atomic E-state index is 0.214. The maximum atomic E-state index is 12.1. The van der Waals surface area contributed by atoms with Crippen LogP contribution in [0.5, 0.6) is 0 Å². The van der Waals surface area contributed by atoms with Gasteiger partial charge in [-0.3, -0.25) is 9.69 Å². The Labute approximate surface area is 109 Å². The van der Waals surface area contributed by atoms with E-state index < -0.39 is 0 Å². The fraction of sp³-hybridized carbons (Fsp3) is 0.923. The van der Waals surface area contributed by atoms with Crippen LogP contribution in [0.2, 0.25) is 0 Å². The first kappa shape index (κ1) is 13.8. The van der Waals surface area contributed by atoms with Crippen molar-refractivity contribution in [2.24, 2.45) is 0 Å². The van der Waals surface area contributed by atoms with Gasteiger partial charge in [-0.25, -0.2) is 0 Å². The Hall–Kier alpha value is -0.650. The molecule has 2 saturated heterocycles. The average Bonchev–Trinajstić information content (AvgIpc) is 2.41. The number of hydrogen-bond donors (Lipinski definition) is 1. The van der Waals surface area contributed by atoms with Crippen LogP contribution in [-0.4, -0.2) is 74.7 Å². The molecular formula is C13H25N3O2. The van der Waals surface area contributed by atoms with Crippen molar-refractivity contribution < 1.29 is 9.53 Å². The maximum absolute atomic E-state index is 12.1. The standard InChI is InChI=1S/C13H25N3O2/c1-15(10-12-4-2-3-9-18-12)13(17)11-16-7-5-14-6-8-16/h12,14H,2-11H2,1H3. The highest BCUT2D eigenvalue weighted by molar-refractivity contribution is 5.78. The van der Waals surface area contributed by atoms with Crippen LogP contribution < -0.4 is 5.32 Å². The number of nitrogens with one attached hydrogen (secondary N) is 1. The number of carbonyl (C=O) groups is 1. The molecule has 0 radical (unpaired) electrons. The molecule has 5 heteroatoms. The van der Waals surface area contributed by atoms with Crippen molar-refractivity contribution >= 4 is 5.91 Å². The van der Waals surface area contributed by atoms with Crippen LogP contribution in [0.3, 0.4) is 0 Å². The highest BCUT2D eigenvalue weighted by Crippen LogP contribution is 2.13. The number of rotatable bonds is 4. The third-order valence-electron chi connectivity index (χ3n) is 3.75. The van der Waals surface area contributed by atoms with E-state index in [1.165, 1.54) is 6.42 Å². The Bertz CT molecular complexity index is 261. The van der Waals surface area contributed by atoms with E-state index in [0.717, 1.165) is 52.2 Å². The smallest absolute Gasteiger partial charge is 0.236 e. The summed E-state index contributed by atoms with van der Waals surface area (Å²) < 4.78 is 5.67. The number of amides is 1. The summed E-state index contributed by atoms with van der Waals surface area (Å²) in [5, 5.41) is 3.30. The molecule has 104 valence electrons. The van der Waals surface area contributed by atoms with Gasteiger partial charge in [-0.05, 0) is 19.3 Å². The molecule has 0 aliphatic carbocycles. The minimum atomic E-state index is 0.214. The van der Waals surface area contributed by atoms with E-state index in [-0.39, 0.29) is 12.0 Å². The fourth-order valence-electron chi connectivity index (χ4n) is 2.54. The molecule has 1 unspecified atom stereocenters. The normalized spacial score (nSPS) is 25.9. The Balaban J connectivity index is 1.69. The first-order valence-electron chi connectivity index (χ1n) is 7.04. The predicted molar refractivity (Wildman–Crippen MR) is 70.5 cm³/mol. The number of nitrogens with zero attached hydrogens (tertiary/aromatic N) is 2. The van der Waals surface area contributed by atoms with Crippen molar-refractivity contribution in [1.29, 1.82) is 0 Å². The monoisotopic (exact) mass is 255 g/mol. The molecule has 0 aromatic carbocycles. The van der Waals surface area contributed by atoms with E-state index in [0.29, 0.717) is 6.54 Å². The first-order chi connectivity index (χ1) is 8.75. The Morgan fingerprint density at radius 3 is 2.83 bits per heavy atom. The molecule has 0 aromatic rings. The highest BCUT2D eigenvalue weighted by atomic mass is 16.5. The summed E-state index contributed by atoms with van der Waals surface area (Å²) in [5.74, 6) is 0.214. The second-order valence-corrected chi connectivity index (χ2v) is 5.29. The molecule has 2 aliphatic heterocycles. The minimum Gasteiger partial charge on any atom is -0.376 e. The summed E-state index contributed by atoms with van der Waals surface area (Å²) in [6.45, 7) is 6.06. The molecule has 5 nitrogen and oxygen atoms in total. The van der Waals surface area contributed by atoms with E-state index >= 15 is 0 Å². The molecule has 2 heterocycles. The van der Waals surface area contributed by atoms with Gasteiger partial charge in [0.1, 0.15) is 0 Å². The molecule has 2 aliphatic rings. The van der Waals surface area contributed by atoms with Crippen molar-refractivity contribution in [2.45, 2.75) is 25.4 Å². The van der Waals surface area contributed by atoms with Crippen LogP contribution in [0, 0.1) is 0 Å². The average molecular weight is 255 g/mol. The van der Waals surface area contributed by atoms with Gasteiger partial charge in [0.2, 0.25) is 5.91 Å². The van der Waals surface area contributed by atoms with Crippen LogP contribution in [-0.2, 0) is 9.53 Å². The second-order valence-electron chi connectivity index (χ2n) is 5.29. The van der Waals surface area contributed by atoms with Gasteiger partial charge >= 0.3 is 0 Å². The third-order valence-corrected chi connectivity index (χ3v) is 3.75. The molecule has 0 aromatic heterocycles. The fourth-order valence-corrected chi connectivity index (χ4v) is 2.54. The third kappa shape index (κ3) is 4.23. The summed E-state index contributed by atoms with van der Waals surface area (Å²) in [5.41, 5.74) is 0. The topological polar surface area (TPSA) is 44.8 Å². The molecule has 1 amide bonds. The van der Waals surface area contributed by atoms with Crippen LogP contribution in [0.15, 0.2) is 0 Å². The van der Waals surface area contributed by atoms with Gasteiger partial charge in [-0.15, -0.1) is 0 Å². The molecule has 1 atom stereocenters. The number of piperazine rings is 1. The van der Waals surface area contributed by atoms with Crippen molar-refractivity contribution in [3.63, 3.8) is 0 Å². The Morgan fingerprint density at radius 1 is 1.39 bits per heavy atom. The van der Waals surface area contributed by atoms with Gasteiger partial charge in [0.25, 0.3) is 0 Å². The van der Waals surface area contributed by atoms with E-state index in [1.807, 2.05) is 11.9 Å². The lowest BCUT2D eigenvalue weighted by molar-refractivity contribution is -0.133. The molecule has 0 spiro atoms. The van der Waals surface area contributed by atoms with Gasteiger partial charge in [0, 0.05) is 46.4 Å². The SMILES string of the molecule is CN(CC1CCCCO1)C(=O)CN1CCNCC1. The zero-order valence-corrected chi connectivity index (χ0v) is 11.4. The van der Waals surface area contributed by atoms with Crippen LogP contribution in [0.1, 0.15) is 19.3 Å². The summed E-state index contributed by atoms with van der Waals surface area (Å²) in [6, 6.07) is 0. The van der Waals surface area contributed by atoms with Crippen molar-refractivity contribution in [1.82, 2.24) is 15.1 Å². The summed E-state index contributed by atoms with van der Waals surface area (Å²) >= 11 is 0. The molecule has 2 fully saturated rings. The zero-order chi connectivity index (χ0) is 12.8. The van der Waals surface area contributed by atoms with Crippen LogP contribution in [0.4, 0.5) is 0 Å². The predicted octanol–water partition coefficient (Wildman–Crippen LogP) is -0.0809. The Kier molecular flexibility index (Phi) is 5.41.